The van der Waals surface area contributed by atoms with E-state index in [0.717, 1.165) is 21.7 Å². The smallest absolute Gasteiger partial charge is 0.326 e. The first-order chi connectivity index (χ1) is 30.2. The van der Waals surface area contributed by atoms with Crippen LogP contribution < -0.4 is 25.0 Å². The Bertz CT molecular complexity index is 2750. The molecule has 4 atom stereocenters. The maximum absolute atomic E-state index is 15.8. The van der Waals surface area contributed by atoms with Crippen LogP contribution in [0, 0.1) is 18.2 Å². The second-order valence-electron chi connectivity index (χ2n) is 16.9. The number of aliphatic hydroxyl groups excluding tert-OH is 1. The van der Waals surface area contributed by atoms with E-state index in [1.807, 2.05) is 38.1 Å². The van der Waals surface area contributed by atoms with E-state index in [-0.39, 0.29) is 43.2 Å². The van der Waals surface area contributed by atoms with Crippen LogP contribution in [0.2, 0.25) is 0 Å². The summed E-state index contributed by atoms with van der Waals surface area (Å²) in [6.07, 6.45) is 1.89. The highest BCUT2D eigenvalue weighted by molar-refractivity contribution is 7.92. The maximum atomic E-state index is 15.8. The number of amides is 5. The second-order valence-corrected chi connectivity index (χ2v) is 19.4. The van der Waals surface area contributed by atoms with E-state index in [9.17, 15) is 42.6 Å². The molecule has 0 aliphatic carbocycles. The lowest BCUT2D eigenvalue weighted by Gasteiger charge is -2.35. The van der Waals surface area contributed by atoms with Gasteiger partial charge in [0, 0.05) is 43.1 Å². The van der Waals surface area contributed by atoms with E-state index in [1.165, 1.54) is 40.2 Å². The number of nitrogens with one attached hydrogen (secondary N) is 4. The number of halogens is 1. The first-order valence-corrected chi connectivity index (χ1v) is 22.7. The summed E-state index contributed by atoms with van der Waals surface area (Å²) >= 11 is 1.55. The van der Waals surface area contributed by atoms with Gasteiger partial charge in [-0.1, -0.05) is 57.2 Å². The normalized spacial score (nSPS) is 18.1. The Morgan fingerprint density at radius 3 is 2.41 bits per heavy atom. The SMILES string of the molecule is Cc1ncsc1-c1ccc([C@H](C)NC(=O)[C@@H]2C[C@@H](O)CN2C(=O)[C@@H](NC(=O)CCNC(=O)Cn2cc(-c3ccc4cc(O)c(N5CC(=O)NS5(=O)=O)c(F)c4c3)cn2)C(C)(C)C)cc1. The van der Waals surface area contributed by atoms with Crippen LogP contribution in [0.4, 0.5) is 10.1 Å². The molecule has 0 unspecified atom stereocenters. The van der Waals surface area contributed by atoms with Crippen molar-refractivity contribution >= 4 is 67.5 Å². The summed E-state index contributed by atoms with van der Waals surface area (Å²) < 4.78 is 44.1. The number of benzene rings is 3. The molecular weight excluding hydrogens is 870 g/mol. The number of aromatic nitrogens is 3. The predicted molar refractivity (Wildman–Crippen MR) is 235 cm³/mol. The molecule has 6 N–H and O–H groups in total. The molecule has 0 radical (unpaired) electrons. The summed E-state index contributed by atoms with van der Waals surface area (Å²) in [5, 5.41) is 34.0. The Balaban J connectivity index is 0.928. The molecular formula is C43H48FN9O9S2. The van der Waals surface area contributed by atoms with Gasteiger partial charge in [0.05, 0.1) is 34.4 Å². The molecule has 0 saturated carbocycles. The lowest BCUT2D eigenvalue weighted by atomic mass is 9.85. The van der Waals surface area contributed by atoms with Gasteiger partial charge in [-0.05, 0) is 53.5 Å². The Kier molecular flexibility index (Phi) is 12.8. The van der Waals surface area contributed by atoms with Crippen molar-refractivity contribution < 1.29 is 47.0 Å². The summed E-state index contributed by atoms with van der Waals surface area (Å²) in [6, 6.07) is 11.1. The zero-order valence-corrected chi connectivity index (χ0v) is 37.2. The minimum atomic E-state index is -4.40. The lowest BCUT2D eigenvalue weighted by molar-refractivity contribution is -0.144. The number of aromatic hydroxyl groups is 1. The molecule has 4 heterocycles. The standard InChI is InChI=1S/C43H48FN9O9S2/c1-23(25-6-8-26(9-7-25)39-24(2)46-22-63-39)48-41(59)32-16-30(54)19-52(32)42(60)40(43(3,4)5)49-34(56)12-13-45-35(57)20-51-18-29(17-47-51)27-10-11-28-15-33(55)38(37(44)31(28)14-27)53-21-36(58)50-64(53,61)62/h6-11,14-15,17-18,22-23,30,32,40,54-55H,12-13,16,19-21H2,1-5H3,(H,45,57)(H,48,59)(H,49,56)(H,50,58)/t23-,30+,32-,40+/m0/s1. The number of hydrogen-bond acceptors (Lipinski definition) is 12. The zero-order valence-electron chi connectivity index (χ0n) is 35.6. The molecule has 2 aliphatic heterocycles. The number of rotatable bonds is 13. The molecule has 0 bridgehead atoms. The fourth-order valence-corrected chi connectivity index (χ4v) is 9.73. The molecule has 2 fully saturated rings. The minimum Gasteiger partial charge on any atom is -0.506 e. The molecule has 3 aromatic carbocycles. The van der Waals surface area contributed by atoms with E-state index >= 15 is 4.39 Å². The molecule has 18 nitrogen and oxygen atoms in total. The topological polar surface area (TPSA) is 245 Å². The van der Waals surface area contributed by atoms with E-state index in [2.05, 4.69) is 26.0 Å². The summed E-state index contributed by atoms with van der Waals surface area (Å²) in [5.41, 5.74) is 4.08. The number of β-amino-alcohol motifs (C(OH)–C–C–N with tert-alkyl or cyclic N) is 1. The van der Waals surface area contributed by atoms with E-state index in [4.69, 9.17) is 0 Å². The quantitative estimate of drug-likeness (QED) is 0.100. The summed E-state index contributed by atoms with van der Waals surface area (Å²) in [6.45, 7) is 8.00. The average Bonchev–Trinajstić information content (AvgIpc) is 4.02. The van der Waals surface area contributed by atoms with Crippen molar-refractivity contribution in [3.8, 4) is 27.3 Å². The number of hydrogen-bond donors (Lipinski definition) is 6. The fourth-order valence-electron chi connectivity index (χ4n) is 7.76. The van der Waals surface area contributed by atoms with Gasteiger partial charge in [-0.25, -0.2) is 18.4 Å². The number of phenols is 1. The third-order valence-corrected chi connectivity index (χ3v) is 13.5. The number of aliphatic hydroxyl groups is 1. The van der Waals surface area contributed by atoms with Crippen LogP contribution in [0.3, 0.4) is 0 Å². The highest BCUT2D eigenvalue weighted by atomic mass is 32.2. The number of carbonyl (C=O) groups is 5. The molecule has 64 heavy (non-hydrogen) atoms. The van der Waals surface area contributed by atoms with Crippen LogP contribution in [0.15, 0.2) is 66.4 Å². The van der Waals surface area contributed by atoms with Crippen molar-refractivity contribution in [2.45, 2.75) is 78.2 Å². The van der Waals surface area contributed by atoms with Crippen LogP contribution in [0.25, 0.3) is 32.3 Å². The van der Waals surface area contributed by atoms with Gasteiger partial charge >= 0.3 is 10.2 Å². The summed E-state index contributed by atoms with van der Waals surface area (Å²) in [7, 11) is -4.40. The van der Waals surface area contributed by atoms with Gasteiger partial charge in [0.25, 0.3) is 5.91 Å². The molecule has 5 amide bonds. The predicted octanol–water partition coefficient (Wildman–Crippen LogP) is 3.04. The van der Waals surface area contributed by atoms with Gasteiger partial charge in [0.2, 0.25) is 23.6 Å². The molecule has 2 aromatic heterocycles. The fraction of sp³-hybridized carbons (Fsp3) is 0.372. The van der Waals surface area contributed by atoms with Crippen molar-refractivity contribution in [3.05, 3.63) is 83.5 Å². The van der Waals surface area contributed by atoms with Crippen molar-refractivity contribution in [2.24, 2.45) is 5.41 Å². The van der Waals surface area contributed by atoms with Crippen molar-refractivity contribution in [1.29, 1.82) is 0 Å². The highest BCUT2D eigenvalue weighted by Gasteiger charge is 2.45. The van der Waals surface area contributed by atoms with E-state index in [0.29, 0.717) is 15.4 Å². The lowest BCUT2D eigenvalue weighted by Crippen LogP contribution is -2.58. The molecule has 0 spiro atoms. The largest absolute Gasteiger partial charge is 0.506 e. The number of carbonyl (C=O) groups excluding carboxylic acids is 5. The number of phenolic OH excluding ortho intramolecular Hbond substituents is 1. The molecule has 338 valence electrons. The van der Waals surface area contributed by atoms with Crippen LogP contribution in [0.5, 0.6) is 5.75 Å². The summed E-state index contributed by atoms with van der Waals surface area (Å²) in [5.74, 6) is -4.55. The molecule has 7 rings (SSSR count). The van der Waals surface area contributed by atoms with Crippen molar-refractivity contribution in [2.75, 3.05) is 23.9 Å². The Hall–Kier alpha value is -6.45. The van der Waals surface area contributed by atoms with Gasteiger partial charge in [-0.15, -0.1) is 11.3 Å². The van der Waals surface area contributed by atoms with Gasteiger partial charge in [-0.2, -0.15) is 13.5 Å². The van der Waals surface area contributed by atoms with Crippen molar-refractivity contribution in [1.82, 2.24) is 40.3 Å². The number of likely N-dealkylation sites (tertiary alicyclic amines) is 1. The minimum absolute atomic E-state index is 0.0325. The number of aryl methyl sites for hydroxylation is 1. The average molecular weight is 918 g/mol. The monoisotopic (exact) mass is 917 g/mol. The van der Waals surface area contributed by atoms with E-state index in [1.54, 1.807) is 48.4 Å². The number of thiazole rings is 1. The van der Waals surface area contributed by atoms with Gasteiger partial charge in [-0.3, -0.25) is 28.7 Å². The molecule has 21 heteroatoms. The number of anilines is 1. The van der Waals surface area contributed by atoms with Crippen LogP contribution in [0.1, 0.15) is 57.8 Å². The second kappa shape index (κ2) is 18.0. The maximum Gasteiger partial charge on any atom is 0.326 e. The molecule has 2 aliphatic rings. The van der Waals surface area contributed by atoms with Crippen LogP contribution in [-0.2, 0) is 40.7 Å². The first-order valence-electron chi connectivity index (χ1n) is 20.4. The molecule has 2 saturated heterocycles. The number of nitrogens with zero attached hydrogens (tertiary/aromatic N) is 5. The summed E-state index contributed by atoms with van der Waals surface area (Å²) in [4.78, 5) is 72.3. The van der Waals surface area contributed by atoms with E-state index < -0.39 is 93.2 Å². The van der Waals surface area contributed by atoms with Crippen LogP contribution in [-0.4, -0.2) is 106 Å². The molecule has 5 aromatic rings. The highest BCUT2D eigenvalue weighted by Crippen LogP contribution is 2.40. The Morgan fingerprint density at radius 1 is 1.03 bits per heavy atom. The van der Waals surface area contributed by atoms with Crippen LogP contribution >= 0.6 is 11.3 Å². The zero-order chi connectivity index (χ0) is 46.2. The van der Waals surface area contributed by atoms with Gasteiger partial charge in [0.1, 0.15) is 36.6 Å². The first kappa shape index (κ1) is 45.6. The Labute approximate surface area is 372 Å². The third-order valence-electron chi connectivity index (χ3n) is 11.1. The van der Waals surface area contributed by atoms with Gasteiger partial charge in [0.15, 0.2) is 5.82 Å². The van der Waals surface area contributed by atoms with Crippen molar-refractivity contribution in [3.63, 3.8) is 0 Å². The van der Waals surface area contributed by atoms with Gasteiger partial charge < -0.3 is 31.1 Å². The third kappa shape index (κ3) is 9.70. The Morgan fingerprint density at radius 2 is 1.75 bits per heavy atom. The number of fused-ring (bicyclic) bond motifs is 1.